The van der Waals surface area contributed by atoms with Crippen LogP contribution in [0.1, 0.15) is 43.2 Å². The number of rotatable bonds is 6. The van der Waals surface area contributed by atoms with Gasteiger partial charge in [-0.3, -0.25) is 0 Å². The first-order valence-corrected chi connectivity index (χ1v) is 23.0. The summed E-state index contributed by atoms with van der Waals surface area (Å²) in [6, 6.07) is 69.6. The van der Waals surface area contributed by atoms with Crippen molar-refractivity contribution in [3.8, 4) is 44.9 Å². The molecule has 0 amide bonds. The molecule has 4 saturated carbocycles. The lowest BCUT2D eigenvalue weighted by Crippen LogP contribution is -2.56. The van der Waals surface area contributed by atoms with E-state index in [-0.39, 0.29) is 5.41 Å². The van der Waals surface area contributed by atoms with E-state index in [1.54, 1.807) is 0 Å². The van der Waals surface area contributed by atoms with Gasteiger partial charge in [0.15, 0.2) is 0 Å². The van der Waals surface area contributed by atoms with E-state index in [1.165, 1.54) is 96.8 Å². The number of hydrogen-bond donors (Lipinski definition) is 0. The third-order valence-corrected chi connectivity index (χ3v) is 16.1. The zero-order valence-corrected chi connectivity index (χ0v) is 34.8. The average Bonchev–Trinajstić information content (AvgIpc) is 3.70. The second-order valence-electron chi connectivity index (χ2n) is 18.1. The summed E-state index contributed by atoms with van der Waals surface area (Å²) in [5, 5.41) is 2.66. The molecule has 8 aromatic carbocycles. The van der Waals surface area contributed by atoms with E-state index >= 15 is 0 Å². The summed E-state index contributed by atoms with van der Waals surface area (Å²) >= 11 is 1.88. The van der Waals surface area contributed by atoms with E-state index in [9.17, 15) is 0 Å². The fourth-order valence-corrected chi connectivity index (χ4v) is 13.8. The Morgan fingerprint density at radius 3 is 1.77 bits per heavy atom. The van der Waals surface area contributed by atoms with Gasteiger partial charge < -0.3 is 9.64 Å². The summed E-state index contributed by atoms with van der Waals surface area (Å²) in [6.45, 7) is 0. The maximum Gasteiger partial charge on any atom is 0.133 e. The quantitative estimate of drug-likeness (QED) is 0.166. The number of fused-ring (bicyclic) bond motifs is 5. The average molecular weight is 804 g/mol. The van der Waals surface area contributed by atoms with Gasteiger partial charge in [0.2, 0.25) is 0 Å². The van der Waals surface area contributed by atoms with Crippen LogP contribution in [0.25, 0.3) is 53.6 Å². The summed E-state index contributed by atoms with van der Waals surface area (Å²) in [5.74, 6) is 5.18. The van der Waals surface area contributed by atoms with E-state index in [1.807, 2.05) is 11.3 Å². The minimum absolute atomic E-state index is 0.0208. The molecule has 0 radical (unpaired) electrons. The minimum atomic E-state index is 0.0208. The Bertz CT molecular complexity index is 3100. The van der Waals surface area contributed by atoms with Crippen molar-refractivity contribution < 1.29 is 4.74 Å². The van der Waals surface area contributed by atoms with Crippen molar-refractivity contribution in [3.05, 3.63) is 199 Å². The molecule has 5 aliphatic rings. The van der Waals surface area contributed by atoms with Gasteiger partial charge in [-0.2, -0.15) is 0 Å². The van der Waals surface area contributed by atoms with Crippen LogP contribution in [0.3, 0.4) is 0 Å². The molecule has 0 atom stereocenters. The Balaban J connectivity index is 0.932. The number of anilines is 3. The fraction of sp³-hybridized carbons (Fsp3) is 0.172. The topological polar surface area (TPSA) is 12.5 Å². The largest absolute Gasteiger partial charge is 0.457 e. The molecule has 4 aliphatic carbocycles. The van der Waals surface area contributed by atoms with E-state index in [0.29, 0.717) is 11.8 Å². The fourth-order valence-electron chi connectivity index (χ4n) is 12.7. The predicted octanol–water partition coefficient (Wildman–Crippen LogP) is 16.4. The van der Waals surface area contributed by atoms with Crippen LogP contribution in [0.5, 0.6) is 11.5 Å². The first kappa shape index (κ1) is 35.3. The number of hydrogen-bond acceptors (Lipinski definition) is 3. The molecule has 1 aromatic heterocycles. The Kier molecular flexibility index (Phi) is 8.00. The second kappa shape index (κ2) is 13.8. The van der Waals surface area contributed by atoms with Crippen molar-refractivity contribution in [2.24, 2.45) is 23.7 Å². The summed E-state index contributed by atoms with van der Waals surface area (Å²) < 4.78 is 9.66. The highest BCUT2D eigenvalue weighted by atomic mass is 32.1. The lowest BCUT2D eigenvalue weighted by atomic mass is 9.42. The molecular formula is C58H45NOS. The first-order valence-electron chi connectivity index (χ1n) is 22.2. The third kappa shape index (κ3) is 5.46. The Morgan fingerprint density at radius 2 is 1.00 bits per heavy atom. The molecule has 1 aliphatic heterocycles. The van der Waals surface area contributed by atoms with E-state index in [4.69, 9.17) is 4.74 Å². The molecule has 0 saturated heterocycles. The molecule has 294 valence electrons. The van der Waals surface area contributed by atoms with Crippen LogP contribution in [-0.2, 0) is 5.41 Å². The maximum atomic E-state index is 7.01. The monoisotopic (exact) mass is 803 g/mol. The Labute approximate surface area is 361 Å². The molecular weight excluding hydrogens is 759 g/mol. The van der Waals surface area contributed by atoms with Gasteiger partial charge in [-0.1, -0.05) is 133 Å². The SMILES string of the molecule is c1ccc(-c2ccc(N(c3ccc(-c4ccccc4-c4cccc5sc6ccccc6c45)cc3)c3ccc4c(c3)Oc3ccccc3C43C4CC5CC(C4)CC3C5)cc2)cc1. The second-order valence-corrected chi connectivity index (χ2v) is 19.2. The number of benzene rings is 8. The summed E-state index contributed by atoms with van der Waals surface area (Å²) in [6.07, 6.45) is 6.82. The van der Waals surface area contributed by atoms with Crippen LogP contribution in [0, 0.1) is 23.7 Å². The van der Waals surface area contributed by atoms with Gasteiger partial charge >= 0.3 is 0 Å². The van der Waals surface area contributed by atoms with Gasteiger partial charge in [0.05, 0.1) is 0 Å². The van der Waals surface area contributed by atoms with Crippen molar-refractivity contribution in [1.29, 1.82) is 0 Å². The highest BCUT2D eigenvalue weighted by Gasteiger charge is 2.61. The third-order valence-electron chi connectivity index (χ3n) is 14.9. The summed E-state index contributed by atoms with van der Waals surface area (Å²) in [7, 11) is 0. The summed E-state index contributed by atoms with van der Waals surface area (Å²) in [4.78, 5) is 2.41. The molecule has 4 bridgehead atoms. The molecule has 4 fully saturated rings. The van der Waals surface area contributed by atoms with Gasteiger partial charge in [-0.05, 0) is 138 Å². The van der Waals surface area contributed by atoms with Gasteiger partial charge in [0, 0.05) is 59.8 Å². The Hall–Kier alpha value is -6.42. The van der Waals surface area contributed by atoms with Crippen molar-refractivity contribution in [1.82, 2.24) is 0 Å². The van der Waals surface area contributed by atoms with Gasteiger partial charge in [0.25, 0.3) is 0 Å². The minimum Gasteiger partial charge on any atom is -0.457 e. The lowest BCUT2D eigenvalue weighted by Gasteiger charge is -2.63. The normalized spacial score (nSPS) is 22.0. The van der Waals surface area contributed by atoms with Crippen LogP contribution in [-0.4, -0.2) is 0 Å². The van der Waals surface area contributed by atoms with Crippen LogP contribution in [0.2, 0.25) is 0 Å². The highest BCUT2D eigenvalue weighted by Crippen LogP contribution is 2.69. The zero-order valence-electron chi connectivity index (χ0n) is 34.0. The number of nitrogens with zero attached hydrogens (tertiary/aromatic N) is 1. The van der Waals surface area contributed by atoms with Crippen molar-refractivity contribution in [2.45, 2.75) is 37.5 Å². The summed E-state index contributed by atoms with van der Waals surface area (Å²) in [5.41, 5.74) is 13.6. The molecule has 61 heavy (non-hydrogen) atoms. The van der Waals surface area contributed by atoms with Gasteiger partial charge in [-0.25, -0.2) is 0 Å². The molecule has 2 heterocycles. The van der Waals surface area contributed by atoms with Crippen LogP contribution < -0.4 is 9.64 Å². The molecule has 0 N–H and O–H groups in total. The van der Waals surface area contributed by atoms with Crippen molar-refractivity contribution >= 4 is 48.6 Å². The zero-order chi connectivity index (χ0) is 40.1. The smallest absolute Gasteiger partial charge is 0.133 e. The first-order chi connectivity index (χ1) is 30.2. The van der Waals surface area contributed by atoms with Crippen LogP contribution >= 0.6 is 11.3 Å². The van der Waals surface area contributed by atoms with Crippen LogP contribution in [0.15, 0.2) is 188 Å². The predicted molar refractivity (Wildman–Crippen MR) is 255 cm³/mol. The number of para-hydroxylation sites is 1. The standard InChI is InChI=1S/C58H45NOS/c1-2-11-39(12-3-1)40-21-25-44(26-22-40)59(46-29-30-52-54(36-46)60-53-18-8-7-17-51(53)58(52)42-32-37-31-38(34-42)35-43(58)33-37)45-27-23-41(24-28-45)47-13-4-5-14-48(47)49-16-10-20-56-57(49)50-15-6-9-19-55(50)61-56/h1-30,36-38,42-43H,31-35H2. The van der Waals surface area contributed by atoms with E-state index < -0.39 is 0 Å². The van der Waals surface area contributed by atoms with Gasteiger partial charge in [-0.15, -0.1) is 11.3 Å². The molecule has 9 aromatic rings. The number of ether oxygens (including phenoxy) is 1. The molecule has 3 heteroatoms. The Morgan fingerprint density at radius 1 is 0.426 bits per heavy atom. The van der Waals surface area contributed by atoms with E-state index in [2.05, 4.69) is 193 Å². The molecule has 1 spiro atoms. The van der Waals surface area contributed by atoms with Crippen molar-refractivity contribution in [2.75, 3.05) is 4.90 Å². The van der Waals surface area contributed by atoms with Crippen LogP contribution in [0.4, 0.5) is 17.1 Å². The number of thiophene rings is 1. The van der Waals surface area contributed by atoms with E-state index in [0.717, 1.165) is 40.4 Å². The molecule has 0 unspecified atom stereocenters. The molecule has 2 nitrogen and oxygen atoms in total. The highest BCUT2D eigenvalue weighted by molar-refractivity contribution is 7.25. The maximum absolute atomic E-state index is 7.01. The lowest BCUT2D eigenvalue weighted by molar-refractivity contribution is -0.0452. The van der Waals surface area contributed by atoms with Crippen molar-refractivity contribution in [3.63, 3.8) is 0 Å². The molecule has 14 rings (SSSR count). The van der Waals surface area contributed by atoms with Gasteiger partial charge in [0.1, 0.15) is 11.5 Å².